The maximum Gasteiger partial charge on any atom is 0.247 e. The summed E-state index contributed by atoms with van der Waals surface area (Å²) in [6.07, 6.45) is 2.70. The molecule has 0 aromatic rings. The van der Waals surface area contributed by atoms with Gasteiger partial charge < -0.3 is 10.2 Å². The first-order valence-electron chi connectivity index (χ1n) is 6.16. The number of hydrogen-bond donors (Lipinski definition) is 1. The molecule has 0 radical (unpaired) electrons. The molecule has 0 aromatic heterocycles. The molecule has 1 heterocycles. The second-order valence-electron chi connectivity index (χ2n) is 5.31. The molecule has 18 heavy (non-hydrogen) atoms. The largest absolute Gasteiger partial charge is 0.342 e. The third-order valence-electron chi connectivity index (χ3n) is 3.25. The first kappa shape index (κ1) is 15.1. The molecule has 2 amide bonds. The molecule has 6 heteroatoms. The molecule has 1 aliphatic heterocycles. The van der Waals surface area contributed by atoms with E-state index in [4.69, 9.17) is 0 Å². The first-order valence-corrected chi connectivity index (χ1v) is 7.79. The fourth-order valence-corrected chi connectivity index (χ4v) is 2.35. The van der Waals surface area contributed by atoms with E-state index in [9.17, 15) is 13.8 Å². The summed E-state index contributed by atoms with van der Waals surface area (Å²) in [5.41, 5.74) is -0.845. The second-order valence-corrected chi connectivity index (χ2v) is 7.12. The minimum absolute atomic E-state index is 0.0628. The number of carbonyl (C=O) groups is 2. The van der Waals surface area contributed by atoms with Gasteiger partial charge in [0, 0.05) is 41.8 Å². The maximum absolute atomic E-state index is 12.2. The number of amides is 2. The summed E-state index contributed by atoms with van der Waals surface area (Å²) in [6.45, 7) is 6.34. The van der Waals surface area contributed by atoms with Crippen LogP contribution in [-0.4, -0.2) is 51.1 Å². The topological polar surface area (TPSA) is 66.5 Å². The Morgan fingerprint density at radius 3 is 2.61 bits per heavy atom. The molecule has 5 nitrogen and oxygen atoms in total. The van der Waals surface area contributed by atoms with Gasteiger partial charge in [-0.2, -0.15) is 0 Å². The fourth-order valence-electron chi connectivity index (χ4n) is 1.91. The quantitative estimate of drug-likeness (QED) is 0.800. The van der Waals surface area contributed by atoms with E-state index in [0.717, 1.165) is 0 Å². The Bertz CT molecular complexity index is 368. The van der Waals surface area contributed by atoms with Gasteiger partial charge in [0.1, 0.15) is 5.54 Å². The molecule has 1 saturated heterocycles. The van der Waals surface area contributed by atoms with E-state index in [1.807, 2.05) is 6.92 Å². The van der Waals surface area contributed by atoms with Crippen molar-refractivity contribution in [2.75, 3.05) is 19.3 Å². The van der Waals surface area contributed by atoms with Crippen LogP contribution in [0.5, 0.6) is 0 Å². The molecular weight excluding hydrogens is 252 g/mol. The zero-order chi connectivity index (χ0) is 13.9. The maximum atomic E-state index is 12.2. The van der Waals surface area contributed by atoms with E-state index in [2.05, 4.69) is 5.32 Å². The Morgan fingerprint density at radius 1 is 1.44 bits per heavy atom. The highest BCUT2D eigenvalue weighted by molar-refractivity contribution is 7.84. The van der Waals surface area contributed by atoms with Crippen molar-refractivity contribution >= 4 is 22.6 Å². The van der Waals surface area contributed by atoms with Crippen molar-refractivity contribution in [1.82, 2.24) is 10.2 Å². The molecule has 1 rings (SSSR count). The van der Waals surface area contributed by atoms with E-state index in [-0.39, 0.29) is 17.1 Å². The molecule has 104 valence electrons. The zero-order valence-corrected chi connectivity index (χ0v) is 12.3. The lowest BCUT2D eigenvalue weighted by atomic mass is 10.0. The van der Waals surface area contributed by atoms with Crippen LogP contribution in [0.15, 0.2) is 0 Å². The van der Waals surface area contributed by atoms with E-state index in [1.165, 1.54) is 0 Å². The summed E-state index contributed by atoms with van der Waals surface area (Å²) in [7, 11) is -0.877. The second kappa shape index (κ2) is 5.82. The monoisotopic (exact) mass is 274 g/mol. The highest BCUT2D eigenvalue weighted by atomic mass is 32.2. The van der Waals surface area contributed by atoms with Gasteiger partial charge in [-0.05, 0) is 20.3 Å². The summed E-state index contributed by atoms with van der Waals surface area (Å²) >= 11 is 0. The van der Waals surface area contributed by atoms with Gasteiger partial charge in [-0.3, -0.25) is 13.8 Å². The standard InChI is InChI=1S/C12H22N2O3S/c1-9(18(4)17)5-7-14-8-6-10(15)13-12(2,3)11(14)16/h9H,5-8H2,1-4H3,(H,13,15). The number of nitrogens with zero attached hydrogens (tertiary/aromatic N) is 1. The van der Waals surface area contributed by atoms with Crippen molar-refractivity contribution < 1.29 is 13.8 Å². The SMILES string of the molecule is CC(CCN1CCC(=O)NC(C)(C)C1=O)S(C)=O. The van der Waals surface area contributed by atoms with E-state index >= 15 is 0 Å². The number of carbonyl (C=O) groups excluding carboxylic acids is 2. The summed E-state index contributed by atoms with van der Waals surface area (Å²) in [4.78, 5) is 25.4. The van der Waals surface area contributed by atoms with Crippen LogP contribution in [0.1, 0.15) is 33.6 Å². The van der Waals surface area contributed by atoms with Gasteiger partial charge in [-0.1, -0.05) is 6.92 Å². The lowest BCUT2D eigenvalue weighted by Crippen LogP contribution is -2.53. The molecule has 0 saturated carbocycles. The van der Waals surface area contributed by atoms with Crippen molar-refractivity contribution in [2.45, 2.75) is 44.4 Å². The Balaban J connectivity index is 2.67. The zero-order valence-electron chi connectivity index (χ0n) is 11.5. The highest BCUT2D eigenvalue weighted by Crippen LogP contribution is 2.14. The van der Waals surface area contributed by atoms with Crippen LogP contribution in [0.25, 0.3) is 0 Å². The van der Waals surface area contributed by atoms with Crippen molar-refractivity contribution in [2.24, 2.45) is 0 Å². The molecular formula is C12H22N2O3S. The van der Waals surface area contributed by atoms with Gasteiger partial charge in [0.15, 0.2) is 0 Å². The lowest BCUT2D eigenvalue weighted by Gasteiger charge is -2.29. The van der Waals surface area contributed by atoms with Crippen molar-refractivity contribution in [1.29, 1.82) is 0 Å². The van der Waals surface area contributed by atoms with E-state index in [0.29, 0.717) is 25.9 Å². The van der Waals surface area contributed by atoms with Crippen LogP contribution in [0.3, 0.4) is 0 Å². The Hall–Kier alpha value is -0.910. The van der Waals surface area contributed by atoms with Crippen molar-refractivity contribution in [3.8, 4) is 0 Å². The lowest BCUT2D eigenvalue weighted by molar-refractivity contribution is -0.137. The summed E-state index contributed by atoms with van der Waals surface area (Å²) in [6, 6.07) is 0. The Morgan fingerprint density at radius 2 is 2.06 bits per heavy atom. The van der Waals surface area contributed by atoms with Gasteiger partial charge >= 0.3 is 0 Å². The highest BCUT2D eigenvalue weighted by Gasteiger charge is 2.36. The number of hydrogen-bond acceptors (Lipinski definition) is 3. The van der Waals surface area contributed by atoms with Crippen LogP contribution in [0.4, 0.5) is 0 Å². The van der Waals surface area contributed by atoms with Crippen LogP contribution < -0.4 is 5.32 Å². The minimum Gasteiger partial charge on any atom is -0.342 e. The molecule has 0 bridgehead atoms. The van der Waals surface area contributed by atoms with Crippen LogP contribution in [0, 0.1) is 0 Å². The van der Waals surface area contributed by atoms with Crippen LogP contribution in [0.2, 0.25) is 0 Å². The first-order chi connectivity index (χ1) is 8.24. The molecule has 0 aliphatic carbocycles. The average Bonchev–Trinajstić information content (AvgIpc) is 2.35. The number of nitrogens with one attached hydrogen (secondary N) is 1. The third kappa shape index (κ3) is 3.80. The van der Waals surface area contributed by atoms with E-state index in [1.54, 1.807) is 25.0 Å². The van der Waals surface area contributed by atoms with E-state index < -0.39 is 16.3 Å². The minimum atomic E-state index is -0.877. The Labute approximate surface area is 111 Å². The molecule has 2 unspecified atom stereocenters. The van der Waals surface area contributed by atoms with Crippen LogP contribution >= 0.6 is 0 Å². The molecule has 1 N–H and O–H groups in total. The van der Waals surface area contributed by atoms with Crippen molar-refractivity contribution in [3.05, 3.63) is 0 Å². The predicted octanol–water partition coefficient (Wildman–Crippen LogP) is 0.271. The molecule has 0 spiro atoms. The van der Waals surface area contributed by atoms with Gasteiger partial charge in [0.2, 0.25) is 11.8 Å². The molecule has 1 fully saturated rings. The molecule has 0 aromatic carbocycles. The average molecular weight is 274 g/mol. The Kier molecular flexibility index (Phi) is 4.90. The van der Waals surface area contributed by atoms with Crippen molar-refractivity contribution in [3.63, 3.8) is 0 Å². The van der Waals surface area contributed by atoms with Crippen LogP contribution in [-0.2, 0) is 20.4 Å². The predicted molar refractivity (Wildman–Crippen MR) is 71.6 cm³/mol. The van der Waals surface area contributed by atoms with Gasteiger partial charge in [-0.25, -0.2) is 0 Å². The fraction of sp³-hybridized carbons (Fsp3) is 0.833. The summed E-state index contributed by atoms with van der Waals surface area (Å²) in [5, 5.41) is 2.78. The normalized spacial score (nSPS) is 23.2. The summed E-state index contributed by atoms with van der Waals surface area (Å²) in [5.74, 6) is -0.162. The van der Waals surface area contributed by atoms with Gasteiger partial charge in [-0.15, -0.1) is 0 Å². The number of rotatable bonds is 4. The molecule has 2 atom stereocenters. The smallest absolute Gasteiger partial charge is 0.247 e. The van der Waals surface area contributed by atoms with Gasteiger partial charge in [0.25, 0.3) is 0 Å². The summed E-state index contributed by atoms with van der Waals surface area (Å²) < 4.78 is 11.3. The third-order valence-corrected chi connectivity index (χ3v) is 4.62. The molecule has 1 aliphatic rings. The van der Waals surface area contributed by atoms with Gasteiger partial charge in [0.05, 0.1) is 0 Å².